The van der Waals surface area contributed by atoms with Gasteiger partial charge in [0.1, 0.15) is 12.6 Å². The van der Waals surface area contributed by atoms with E-state index >= 15 is 0 Å². The summed E-state index contributed by atoms with van der Waals surface area (Å²) in [6.07, 6.45) is 1.04. The van der Waals surface area contributed by atoms with Gasteiger partial charge < -0.3 is 10.2 Å². The Morgan fingerprint density at radius 1 is 1.13 bits per heavy atom. The van der Waals surface area contributed by atoms with Crippen LogP contribution in [0.3, 0.4) is 0 Å². The van der Waals surface area contributed by atoms with Crippen LogP contribution in [0.25, 0.3) is 0 Å². The molecule has 7 nitrogen and oxygen atoms in total. The van der Waals surface area contributed by atoms with E-state index in [0.717, 1.165) is 21.7 Å². The fourth-order valence-corrected chi connectivity index (χ4v) is 4.33. The van der Waals surface area contributed by atoms with E-state index in [1.165, 1.54) is 11.9 Å². The molecule has 2 amide bonds. The number of hydrogen-bond donors (Lipinski definition) is 1. The van der Waals surface area contributed by atoms with Crippen LogP contribution in [-0.2, 0) is 26.2 Å². The maximum absolute atomic E-state index is 13.3. The lowest BCUT2D eigenvalue weighted by Gasteiger charge is -2.31. The van der Waals surface area contributed by atoms with Crippen molar-refractivity contribution < 1.29 is 18.0 Å². The van der Waals surface area contributed by atoms with Crippen LogP contribution in [0.5, 0.6) is 0 Å². The van der Waals surface area contributed by atoms with Crippen LogP contribution in [0.2, 0.25) is 5.02 Å². The number of halogens is 1. The largest absolute Gasteiger partial charge is 0.357 e. The summed E-state index contributed by atoms with van der Waals surface area (Å²) in [5.41, 5.74) is 2.73. The Morgan fingerprint density at radius 3 is 2.35 bits per heavy atom. The van der Waals surface area contributed by atoms with Crippen molar-refractivity contribution in [1.29, 1.82) is 0 Å². The van der Waals surface area contributed by atoms with Gasteiger partial charge in [0.05, 0.1) is 11.9 Å². The number of carbonyl (C=O) groups is 2. The molecule has 31 heavy (non-hydrogen) atoms. The predicted octanol–water partition coefficient (Wildman–Crippen LogP) is 2.89. The molecule has 1 atom stereocenters. The number of benzene rings is 2. The fraction of sp³-hybridized carbons (Fsp3) is 0.364. The molecule has 2 rings (SSSR count). The second-order valence-electron chi connectivity index (χ2n) is 7.45. The number of nitrogens with zero attached hydrogens (tertiary/aromatic N) is 2. The molecule has 2 aromatic rings. The molecule has 0 aromatic heterocycles. The maximum atomic E-state index is 13.3. The van der Waals surface area contributed by atoms with Gasteiger partial charge in [0.2, 0.25) is 21.8 Å². The molecule has 9 heteroatoms. The van der Waals surface area contributed by atoms with Gasteiger partial charge in [0.15, 0.2) is 0 Å². The van der Waals surface area contributed by atoms with Crippen LogP contribution in [0, 0.1) is 13.8 Å². The summed E-state index contributed by atoms with van der Waals surface area (Å²) >= 11 is 6.17. The number of carbonyl (C=O) groups excluding carboxylic acids is 2. The minimum absolute atomic E-state index is 0.168. The number of rotatable bonds is 8. The van der Waals surface area contributed by atoms with E-state index in [2.05, 4.69) is 5.32 Å². The zero-order chi connectivity index (χ0) is 23.3. The molecule has 0 aliphatic heterocycles. The Labute approximate surface area is 189 Å². The van der Waals surface area contributed by atoms with Crippen molar-refractivity contribution in [1.82, 2.24) is 10.2 Å². The number of anilines is 1. The second-order valence-corrected chi connectivity index (χ2v) is 9.77. The first-order valence-corrected chi connectivity index (χ1v) is 12.0. The Hall–Kier alpha value is -2.58. The average molecular weight is 466 g/mol. The van der Waals surface area contributed by atoms with Crippen molar-refractivity contribution in [2.24, 2.45) is 0 Å². The number of likely N-dealkylation sites (N-methyl/N-ethyl adjacent to an activating group) is 1. The van der Waals surface area contributed by atoms with Crippen LogP contribution >= 0.6 is 11.6 Å². The van der Waals surface area contributed by atoms with Crippen LogP contribution in [0.4, 0.5) is 5.69 Å². The Balaban J connectivity index is 2.43. The van der Waals surface area contributed by atoms with E-state index in [1.807, 2.05) is 31.2 Å². The number of nitrogens with one attached hydrogen (secondary N) is 1. The SMILES string of the molecule is CNC(=O)[C@@H](C)N(Cc1cccc(C)c1)C(=O)CN(c1cccc(Cl)c1C)S(C)(=O)=O. The van der Waals surface area contributed by atoms with E-state index in [0.29, 0.717) is 16.3 Å². The zero-order valence-electron chi connectivity index (χ0n) is 18.3. The van der Waals surface area contributed by atoms with Crippen molar-refractivity contribution >= 4 is 39.1 Å². The highest BCUT2D eigenvalue weighted by molar-refractivity contribution is 7.92. The molecule has 0 saturated heterocycles. The van der Waals surface area contributed by atoms with E-state index in [4.69, 9.17) is 11.6 Å². The molecule has 168 valence electrons. The molecule has 1 N–H and O–H groups in total. The van der Waals surface area contributed by atoms with Crippen LogP contribution in [0.15, 0.2) is 42.5 Å². The first-order valence-electron chi connectivity index (χ1n) is 9.75. The molecule has 0 saturated carbocycles. The summed E-state index contributed by atoms with van der Waals surface area (Å²) in [5.74, 6) is -0.840. The first kappa shape index (κ1) is 24.7. The van der Waals surface area contributed by atoms with Gasteiger partial charge in [-0.25, -0.2) is 8.42 Å². The Bertz CT molecular complexity index is 1070. The third-order valence-corrected chi connectivity index (χ3v) is 6.57. The predicted molar refractivity (Wildman–Crippen MR) is 124 cm³/mol. The van der Waals surface area contributed by atoms with E-state index in [9.17, 15) is 18.0 Å². The number of hydrogen-bond acceptors (Lipinski definition) is 4. The van der Waals surface area contributed by atoms with E-state index in [-0.39, 0.29) is 12.5 Å². The van der Waals surface area contributed by atoms with Crippen LogP contribution < -0.4 is 9.62 Å². The lowest BCUT2D eigenvalue weighted by molar-refractivity contribution is -0.139. The highest BCUT2D eigenvalue weighted by atomic mass is 35.5. The molecular formula is C22H28ClN3O4S. The van der Waals surface area contributed by atoms with Crippen molar-refractivity contribution in [2.75, 3.05) is 24.2 Å². The van der Waals surface area contributed by atoms with E-state index < -0.39 is 28.5 Å². The quantitative estimate of drug-likeness (QED) is 0.649. The molecule has 0 heterocycles. The Kier molecular flexibility index (Phi) is 8.08. The monoisotopic (exact) mass is 465 g/mol. The minimum Gasteiger partial charge on any atom is -0.357 e. The van der Waals surface area contributed by atoms with Gasteiger partial charge in [0.25, 0.3) is 0 Å². The third-order valence-electron chi connectivity index (χ3n) is 5.04. The zero-order valence-corrected chi connectivity index (χ0v) is 19.9. The lowest BCUT2D eigenvalue weighted by Crippen LogP contribution is -2.50. The molecule has 0 spiro atoms. The molecule has 0 radical (unpaired) electrons. The van der Waals surface area contributed by atoms with E-state index in [1.54, 1.807) is 32.0 Å². The molecule has 0 unspecified atom stereocenters. The number of amides is 2. The number of aryl methyl sites for hydroxylation is 1. The molecule has 0 bridgehead atoms. The fourth-order valence-electron chi connectivity index (χ4n) is 3.26. The first-order chi connectivity index (χ1) is 14.5. The van der Waals surface area contributed by atoms with Gasteiger partial charge in [-0.3, -0.25) is 13.9 Å². The average Bonchev–Trinajstić information content (AvgIpc) is 2.70. The van der Waals surface area contributed by atoms with Gasteiger partial charge in [-0.1, -0.05) is 47.5 Å². The van der Waals surface area contributed by atoms with Gasteiger partial charge in [-0.2, -0.15) is 0 Å². The van der Waals surface area contributed by atoms with Gasteiger partial charge in [-0.15, -0.1) is 0 Å². The standard InChI is InChI=1S/C22H28ClN3O4S/c1-15-8-6-9-18(12-15)13-25(17(3)22(28)24-4)21(27)14-26(31(5,29)30)20-11-7-10-19(23)16(20)2/h6-12,17H,13-14H2,1-5H3,(H,24,28)/t17-/m1/s1. The van der Waals surface area contributed by atoms with Crippen LogP contribution in [-0.4, -0.2) is 51.0 Å². The lowest BCUT2D eigenvalue weighted by atomic mass is 10.1. The van der Waals surface area contributed by atoms with Gasteiger partial charge >= 0.3 is 0 Å². The van der Waals surface area contributed by atoms with Gasteiger partial charge in [-0.05, 0) is 44.0 Å². The smallest absolute Gasteiger partial charge is 0.244 e. The summed E-state index contributed by atoms with van der Waals surface area (Å²) in [4.78, 5) is 27.0. The third kappa shape index (κ3) is 6.21. The van der Waals surface area contributed by atoms with Crippen molar-refractivity contribution in [3.8, 4) is 0 Å². The molecule has 0 fully saturated rings. The van der Waals surface area contributed by atoms with Crippen molar-refractivity contribution in [3.63, 3.8) is 0 Å². The maximum Gasteiger partial charge on any atom is 0.244 e. The van der Waals surface area contributed by atoms with Crippen molar-refractivity contribution in [2.45, 2.75) is 33.4 Å². The van der Waals surface area contributed by atoms with Crippen LogP contribution in [0.1, 0.15) is 23.6 Å². The normalized spacial score (nSPS) is 12.2. The Morgan fingerprint density at radius 2 is 1.77 bits per heavy atom. The highest BCUT2D eigenvalue weighted by Crippen LogP contribution is 2.28. The molecule has 0 aliphatic carbocycles. The molecular weight excluding hydrogens is 438 g/mol. The summed E-state index contributed by atoms with van der Waals surface area (Å²) in [6.45, 7) is 4.96. The summed E-state index contributed by atoms with van der Waals surface area (Å²) in [7, 11) is -2.30. The van der Waals surface area contributed by atoms with Gasteiger partial charge in [0, 0.05) is 18.6 Å². The summed E-state index contributed by atoms with van der Waals surface area (Å²) in [6, 6.07) is 11.7. The topological polar surface area (TPSA) is 86.8 Å². The minimum atomic E-state index is -3.79. The summed E-state index contributed by atoms with van der Waals surface area (Å²) < 4.78 is 26.1. The summed E-state index contributed by atoms with van der Waals surface area (Å²) in [5, 5.41) is 2.94. The molecule has 2 aromatic carbocycles. The second kappa shape index (κ2) is 10.2. The molecule has 0 aliphatic rings. The number of sulfonamides is 1. The van der Waals surface area contributed by atoms with Crippen molar-refractivity contribution in [3.05, 3.63) is 64.2 Å². The highest BCUT2D eigenvalue weighted by Gasteiger charge is 2.30.